The normalized spacial score (nSPS) is 38.1. The first kappa shape index (κ1) is 13.4. The van der Waals surface area contributed by atoms with Gasteiger partial charge in [-0.3, -0.25) is 0 Å². The molecule has 0 amide bonds. The Morgan fingerprint density at radius 1 is 1.25 bits per heavy atom. The zero-order chi connectivity index (χ0) is 14.1. The first-order valence-electron chi connectivity index (χ1n) is 7.03. The zero-order valence-electron chi connectivity index (χ0n) is 11.4. The molecule has 20 heavy (non-hydrogen) atoms. The van der Waals surface area contributed by atoms with Crippen LogP contribution in [0.2, 0.25) is 0 Å². The van der Waals surface area contributed by atoms with E-state index in [1.807, 2.05) is 37.3 Å². The Kier molecular flexibility index (Phi) is 3.63. The molecule has 5 atom stereocenters. The quantitative estimate of drug-likeness (QED) is 0.742. The lowest BCUT2D eigenvalue weighted by atomic mass is 9.81. The van der Waals surface area contributed by atoms with Crippen molar-refractivity contribution in [2.75, 3.05) is 0 Å². The van der Waals surface area contributed by atoms with Gasteiger partial charge >= 0.3 is 0 Å². The van der Waals surface area contributed by atoms with Gasteiger partial charge in [0.25, 0.3) is 6.02 Å². The third-order valence-electron chi connectivity index (χ3n) is 4.10. The SMILES string of the molecule is C[C@@H]1C[C@H]2NC(=NCc3ccccc3)O[C@H]2[C@H](O)[C@@H]1O. The number of benzene rings is 1. The molecular weight excluding hydrogens is 256 g/mol. The number of hydrogen-bond donors (Lipinski definition) is 3. The molecule has 0 spiro atoms. The number of nitrogens with one attached hydrogen (secondary N) is 1. The van der Waals surface area contributed by atoms with Gasteiger partial charge in [0, 0.05) is 0 Å². The molecule has 0 radical (unpaired) electrons. The number of rotatable bonds is 2. The van der Waals surface area contributed by atoms with E-state index in [-0.39, 0.29) is 12.0 Å². The van der Waals surface area contributed by atoms with E-state index in [1.165, 1.54) is 0 Å². The summed E-state index contributed by atoms with van der Waals surface area (Å²) in [5.41, 5.74) is 1.11. The van der Waals surface area contributed by atoms with E-state index in [1.54, 1.807) is 0 Å². The van der Waals surface area contributed by atoms with Crippen molar-refractivity contribution in [3.63, 3.8) is 0 Å². The molecule has 0 unspecified atom stereocenters. The second-order valence-corrected chi connectivity index (χ2v) is 5.63. The van der Waals surface area contributed by atoms with Gasteiger partial charge in [0.1, 0.15) is 6.10 Å². The number of aliphatic hydroxyl groups excluding tert-OH is 2. The standard InChI is InChI=1S/C15H20N2O3/c1-9-7-11-14(13(19)12(9)18)20-15(17-11)16-8-10-5-3-2-4-6-10/h2-6,9,11-14,18-19H,7-8H2,1H3,(H,16,17)/t9-,11-,12-,13-,14-/m1/s1. The molecule has 5 nitrogen and oxygen atoms in total. The Hall–Kier alpha value is -1.59. The smallest absolute Gasteiger partial charge is 0.285 e. The van der Waals surface area contributed by atoms with E-state index in [0.29, 0.717) is 12.6 Å². The maximum absolute atomic E-state index is 10.1. The predicted octanol–water partition coefficient (Wildman–Crippen LogP) is 0.661. The van der Waals surface area contributed by atoms with Crippen molar-refractivity contribution in [1.82, 2.24) is 5.32 Å². The van der Waals surface area contributed by atoms with Crippen LogP contribution in [-0.2, 0) is 11.3 Å². The van der Waals surface area contributed by atoms with Gasteiger partial charge in [-0.25, -0.2) is 4.99 Å². The Morgan fingerprint density at radius 2 is 2.00 bits per heavy atom. The average molecular weight is 276 g/mol. The molecular formula is C15H20N2O3. The van der Waals surface area contributed by atoms with Crippen LogP contribution in [0, 0.1) is 5.92 Å². The van der Waals surface area contributed by atoms with Gasteiger partial charge in [-0.1, -0.05) is 37.3 Å². The summed E-state index contributed by atoms with van der Waals surface area (Å²) < 4.78 is 5.65. The highest BCUT2D eigenvalue weighted by Crippen LogP contribution is 2.30. The van der Waals surface area contributed by atoms with Gasteiger partial charge in [0.2, 0.25) is 0 Å². The molecule has 1 saturated carbocycles. The van der Waals surface area contributed by atoms with Crippen LogP contribution in [0.1, 0.15) is 18.9 Å². The fourth-order valence-electron chi connectivity index (χ4n) is 2.89. The van der Waals surface area contributed by atoms with Crippen molar-refractivity contribution in [2.45, 2.75) is 44.2 Å². The Bertz CT molecular complexity index is 491. The van der Waals surface area contributed by atoms with Crippen molar-refractivity contribution in [1.29, 1.82) is 0 Å². The topological polar surface area (TPSA) is 74.1 Å². The van der Waals surface area contributed by atoms with E-state index in [9.17, 15) is 10.2 Å². The zero-order valence-corrected chi connectivity index (χ0v) is 11.4. The molecule has 1 aromatic rings. The van der Waals surface area contributed by atoms with Gasteiger partial charge in [-0.15, -0.1) is 0 Å². The van der Waals surface area contributed by atoms with Crippen LogP contribution in [0.25, 0.3) is 0 Å². The maximum atomic E-state index is 10.1. The molecule has 3 rings (SSSR count). The fraction of sp³-hybridized carbons (Fsp3) is 0.533. The molecule has 2 fully saturated rings. The Morgan fingerprint density at radius 3 is 2.75 bits per heavy atom. The summed E-state index contributed by atoms with van der Waals surface area (Å²) in [5, 5.41) is 23.1. The molecule has 2 aliphatic rings. The summed E-state index contributed by atoms with van der Waals surface area (Å²) in [7, 11) is 0. The van der Waals surface area contributed by atoms with Gasteiger partial charge in [-0.2, -0.15) is 0 Å². The van der Waals surface area contributed by atoms with E-state index in [2.05, 4.69) is 10.3 Å². The second-order valence-electron chi connectivity index (χ2n) is 5.63. The fourth-order valence-corrected chi connectivity index (χ4v) is 2.89. The van der Waals surface area contributed by atoms with Crippen LogP contribution in [0.4, 0.5) is 0 Å². The van der Waals surface area contributed by atoms with Crippen LogP contribution >= 0.6 is 0 Å². The number of amidine groups is 1. The minimum Gasteiger partial charge on any atom is -0.457 e. The summed E-state index contributed by atoms with van der Waals surface area (Å²) in [5.74, 6) is 0.0517. The van der Waals surface area contributed by atoms with Gasteiger partial charge < -0.3 is 20.3 Å². The van der Waals surface area contributed by atoms with E-state index >= 15 is 0 Å². The summed E-state index contributed by atoms with van der Waals surface area (Å²) >= 11 is 0. The van der Waals surface area contributed by atoms with Crippen LogP contribution in [0.15, 0.2) is 35.3 Å². The first-order valence-corrected chi connectivity index (χ1v) is 7.03. The molecule has 0 bridgehead atoms. The van der Waals surface area contributed by atoms with E-state index in [4.69, 9.17) is 4.74 Å². The third-order valence-corrected chi connectivity index (χ3v) is 4.10. The second kappa shape index (κ2) is 5.42. The highest BCUT2D eigenvalue weighted by atomic mass is 16.5. The number of fused-ring (bicyclic) bond motifs is 1. The number of nitrogens with zero attached hydrogens (tertiary/aromatic N) is 1. The summed E-state index contributed by atoms with van der Waals surface area (Å²) in [6, 6.07) is 10.4. The monoisotopic (exact) mass is 276 g/mol. The Balaban J connectivity index is 1.67. The lowest BCUT2D eigenvalue weighted by molar-refractivity contribution is -0.0986. The maximum Gasteiger partial charge on any atom is 0.285 e. The summed E-state index contributed by atoms with van der Waals surface area (Å²) in [6.45, 7) is 2.47. The molecule has 5 heteroatoms. The van der Waals surface area contributed by atoms with Crippen LogP contribution in [0.3, 0.4) is 0 Å². The number of hydrogen-bond acceptors (Lipinski definition) is 4. The molecule has 1 saturated heterocycles. The van der Waals surface area contributed by atoms with Crippen molar-refractivity contribution in [2.24, 2.45) is 10.9 Å². The summed E-state index contributed by atoms with van der Waals surface area (Å²) in [6.07, 6.45) is -1.23. The number of aliphatic imine (C=N–C) groups is 1. The molecule has 3 N–H and O–H groups in total. The van der Waals surface area contributed by atoms with Crippen molar-refractivity contribution >= 4 is 6.02 Å². The molecule has 1 aliphatic carbocycles. The summed E-state index contributed by atoms with van der Waals surface area (Å²) in [4.78, 5) is 4.39. The van der Waals surface area contributed by atoms with Crippen LogP contribution in [0.5, 0.6) is 0 Å². The largest absolute Gasteiger partial charge is 0.457 e. The van der Waals surface area contributed by atoms with E-state index in [0.717, 1.165) is 12.0 Å². The molecule has 1 aromatic carbocycles. The number of aliphatic hydroxyl groups is 2. The minimum absolute atomic E-state index is 0.0259. The molecule has 1 heterocycles. The molecule has 1 aliphatic heterocycles. The minimum atomic E-state index is -0.860. The lowest BCUT2D eigenvalue weighted by Gasteiger charge is -2.36. The van der Waals surface area contributed by atoms with Gasteiger partial charge in [-0.05, 0) is 17.9 Å². The highest BCUT2D eigenvalue weighted by molar-refractivity contribution is 5.76. The molecule has 108 valence electrons. The van der Waals surface area contributed by atoms with Crippen molar-refractivity contribution < 1.29 is 14.9 Å². The predicted molar refractivity (Wildman–Crippen MR) is 75.2 cm³/mol. The first-order chi connectivity index (χ1) is 9.65. The van der Waals surface area contributed by atoms with Crippen LogP contribution in [-0.4, -0.2) is 40.6 Å². The highest BCUT2D eigenvalue weighted by Gasteiger charge is 2.47. The third kappa shape index (κ3) is 2.51. The molecule has 0 aromatic heterocycles. The average Bonchev–Trinajstić information content (AvgIpc) is 2.87. The lowest BCUT2D eigenvalue weighted by Crippen LogP contribution is -2.53. The number of ether oxygens (including phenoxy) is 1. The van der Waals surface area contributed by atoms with Gasteiger partial charge in [0.15, 0.2) is 6.10 Å². The van der Waals surface area contributed by atoms with Gasteiger partial charge in [0.05, 0.1) is 18.7 Å². The van der Waals surface area contributed by atoms with Crippen molar-refractivity contribution in [3.05, 3.63) is 35.9 Å². The Labute approximate surface area is 118 Å². The van der Waals surface area contributed by atoms with Crippen LogP contribution < -0.4 is 5.32 Å². The van der Waals surface area contributed by atoms with Crippen molar-refractivity contribution in [3.8, 4) is 0 Å². The van der Waals surface area contributed by atoms with E-state index < -0.39 is 18.3 Å².